The Bertz CT molecular complexity index is 588. The number of aryl methyl sites for hydroxylation is 1. The number of benzene rings is 1. The van der Waals surface area contributed by atoms with Gasteiger partial charge in [0.1, 0.15) is 5.75 Å². The van der Waals surface area contributed by atoms with Gasteiger partial charge in [-0.2, -0.15) is 0 Å². The first-order chi connectivity index (χ1) is 10.7. The summed E-state index contributed by atoms with van der Waals surface area (Å²) in [5.41, 5.74) is 1.35. The van der Waals surface area contributed by atoms with Crippen molar-refractivity contribution in [3.63, 3.8) is 0 Å². The number of anilines is 1. The van der Waals surface area contributed by atoms with Crippen molar-refractivity contribution in [3.05, 3.63) is 40.9 Å². The zero-order chi connectivity index (χ0) is 15.4. The molecule has 2 heterocycles. The van der Waals surface area contributed by atoms with E-state index in [0.29, 0.717) is 0 Å². The largest absolute Gasteiger partial charge is 0.494 e. The number of hydrogen-bond donors (Lipinski definition) is 0. The van der Waals surface area contributed by atoms with E-state index >= 15 is 0 Å². The molecule has 1 aromatic heterocycles. The Balaban J connectivity index is 1.51. The molecule has 0 spiro atoms. The van der Waals surface area contributed by atoms with Crippen molar-refractivity contribution in [3.8, 4) is 5.75 Å². The minimum absolute atomic E-state index is 0.720. The SMILES string of the molecule is CCOc1ccc(CN2CCN(c3ncc(C)s3)CC2)cc1. The van der Waals surface area contributed by atoms with Crippen molar-refractivity contribution in [2.75, 3.05) is 37.7 Å². The number of rotatable bonds is 5. The molecule has 0 radical (unpaired) electrons. The minimum Gasteiger partial charge on any atom is -0.494 e. The molecule has 22 heavy (non-hydrogen) atoms. The van der Waals surface area contributed by atoms with Crippen LogP contribution >= 0.6 is 11.3 Å². The number of aromatic nitrogens is 1. The number of hydrogen-bond acceptors (Lipinski definition) is 5. The summed E-state index contributed by atoms with van der Waals surface area (Å²) in [6.07, 6.45) is 1.96. The fourth-order valence-corrected chi connectivity index (χ4v) is 3.51. The maximum Gasteiger partial charge on any atom is 0.185 e. The summed E-state index contributed by atoms with van der Waals surface area (Å²) in [6.45, 7) is 10.2. The standard InChI is InChI=1S/C17H23N3OS/c1-3-21-16-6-4-15(5-7-16)13-19-8-10-20(11-9-19)17-18-12-14(2)22-17/h4-7,12H,3,8-11,13H2,1-2H3. The molecule has 2 aromatic rings. The Morgan fingerprint density at radius 3 is 2.45 bits per heavy atom. The quantitative estimate of drug-likeness (QED) is 0.847. The van der Waals surface area contributed by atoms with Gasteiger partial charge in [0, 0.05) is 43.8 Å². The van der Waals surface area contributed by atoms with Gasteiger partial charge in [0.25, 0.3) is 0 Å². The topological polar surface area (TPSA) is 28.6 Å². The molecular weight excluding hydrogens is 294 g/mol. The summed E-state index contributed by atoms with van der Waals surface area (Å²) in [5.74, 6) is 0.954. The molecule has 3 rings (SSSR count). The molecule has 0 amide bonds. The predicted octanol–water partition coefficient (Wildman–Crippen LogP) is 3.17. The summed E-state index contributed by atoms with van der Waals surface area (Å²) in [7, 11) is 0. The Hall–Kier alpha value is -1.59. The maximum atomic E-state index is 5.49. The predicted molar refractivity (Wildman–Crippen MR) is 92.0 cm³/mol. The summed E-state index contributed by atoms with van der Waals surface area (Å²) in [5, 5.41) is 1.17. The molecule has 0 unspecified atom stereocenters. The van der Waals surface area contributed by atoms with E-state index in [1.165, 1.54) is 15.6 Å². The summed E-state index contributed by atoms with van der Waals surface area (Å²) >= 11 is 1.79. The van der Waals surface area contributed by atoms with Crippen LogP contribution in [0.15, 0.2) is 30.5 Å². The zero-order valence-corrected chi connectivity index (χ0v) is 14.1. The number of thiazole rings is 1. The van der Waals surface area contributed by atoms with Crippen molar-refractivity contribution >= 4 is 16.5 Å². The molecule has 5 heteroatoms. The van der Waals surface area contributed by atoms with E-state index in [9.17, 15) is 0 Å². The van der Waals surface area contributed by atoms with Gasteiger partial charge >= 0.3 is 0 Å². The summed E-state index contributed by atoms with van der Waals surface area (Å²) < 4.78 is 5.49. The highest BCUT2D eigenvalue weighted by Gasteiger charge is 2.19. The van der Waals surface area contributed by atoms with Crippen LogP contribution in [0.3, 0.4) is 0 Å². The molecule has 4 nitrogen and oxygen atoms in total. The van der Waals surface area contributed by atoms with Gasteiger partial charge in [-0.05, 0) is 31.5 Å². The van der Waals surface area contributed by atoms with Gasteiger partial charge in [-0.15, -0.1) is 11.3 Å². The third-order valence-electron chi connectivity index (χ3n) is 3.89. The van der Waals surface area contributed by atoms with Crippen LogP contribution in [-0.2, 0) is 6.54 Å². The van der Waals surface area contributed by atoms with Crippen molar-refractivity contribution in [2.45, 2.75) is 20.4 Å². The lowest BCUT2D eigenvalue weighted by Gasteiger charge is -2.34. The van der Waals surface area contributed by atoms with E-state index in [0.717, 1.165) is 45.1 Å². The molecule has 0 aliphatic carbocycles. The molecule has 1 aromatic carbocycles. The van der Waals surface area contributed by atoms with Gasteiger partial charge < -0.3 is 9.64 Å². The first kappa shape index (κ1) is 15.3. The average molecular weight is 317 g/mol. The van der Waals surface area contributed by atoms with E-state index in [2.05, 4.69) is 46.0 Å². The molecule has 1 fully saturated rings. The fraction of sp³-hybridized carbons (Fsp3) is 0.471. The third kappa shape index (κ3) is 3.78. The average Bonchev–Trinajstić information content (AvgIpc) is 2.97. The second-order valence-electron chi connectivity index (χ2n) is 5.59. The van der Waals surface area contributed by atoms with E-state index < -0.39 is 0 Å². The van der Waals surface area contributed by atoms with Crippen LogP contribution in [0.25, 0.3) is 0 Å². The van der Waals surface area contributed by atoms with Crippen LogP contribution in [0.1, 0.15) is 17.4 Å². The highest BCUT2D eigenvalue weighted by molar-refractivity contribution is 7.15. The molecule has 0 N–H and O–H groups in total. The van der Waals surface area contributed by atoms with Crippen LogP contribution < -0.4 is 9.64 Å². The van der Waals surface area contributed by atoms with Crippen molar-refractivity contribution in [1.82, 2.24) is 9.88 Å². The smallest absolute Gasteiger partial charge is 0.185 e. The Kier molecular flexibility index (Phi) is 4.95. The molecular formula is C17H23N3OS. The van der Waals surface area contributed by atoms with E-state index in [-0.39, 0.29) is 0 Å². The zero-order valence-electron chi connectivity index (χ0n) is 13.3. The van der Waals surface area contributed by atoms with Crippen LogP contribution in [-0.4, -0.2) is 42.7 Å². The molecule has 0 atom stereocenters. The molecule has 1 aliphatic rings. The van der Waals surface area contributed by atoms with E-state index in [1.54, 1.807) is 11.3 Å². The van der Waals surface area contributed by atoms with E-state index in [1.807, 2.05) is 13.1 Å². The number of nitrogens with zero attached hydrogens (tertiary/aromatic N) is 3. The second-order valence-corrected chi connectivity index (χ2v) is 6.81. The lowest BCUT2D eigenvalue weighted by molar-refractivity contribution is 0.249. The molecule has 1 saturated heterocycles. The Labute approximate surface area is 136 Å². The summed E-state index contributed by atoms with van der Waals surface area (Å²) in [6, 6.07) is 8.46. The van der Waals surface area contributed by atoms with Crippen molar-refractivity contribution < 1.29 is 4.74 Å². The summed E-state index contributed by atoms with van der Waals surface area (Å²) in [4.78, 5) is 10.7. The minimum atomic E-state index is 0.720. The lowest BCUT2D eigenvalue weighted by atomic mass is 10.2. The Morgan fingerprint density at radius 1 is 1.14 bits per heavy atom. The van der Waals surface area contributed by atoms with Crippen molar-refractivity contribution in [1.29, 1.82) is 0 Å². The van der Waals surface area contributed by atoms with Crippen LogP contribution in [0.2, 0.25) is 0 Å². The van der Waals surface area contributed by atoms with Crippen LogP contribution in [0, 0.1) is 6.92 Å². The highest BCUT2D eigenvalue weighted by atomic mass is 32.1. The van der Waals surface area contributed by atoms with Crippen LogP contribution in [0.5, 0.6) is 5.75 Å². The van der Waals surface area contributed by atoms with E-state index in [4.69, 9.17) is 4.74 Å². The third-order valence-corrected chi connectivity index (χ3v) is 4.87. The van der Waals surface area contributed by atoms with Gasteiger partial charge in [-0.1, -0.05) is 12.1 Å². The molecule has 118 valence electrons. The van der Waals surface area contributed by atoms with Crippen molar-refractivity contribution in [2.24, 2.45) is 0 Å². The molecule has 1 aliphatic heterocycles. The first-order valence-electron chi connectivity index (χ1n) is 7.86. The fourth-order valence-electron chi connectivity index (χ4n) is 2.70. The highest BCUT2D eigenvalue weighted by Crippen LogP contribution is 2.23. The number of piperazine rings is 1. The lowest BCUT2D eigenvalue weighted by Crippen LogP contribution is -2.45. The van der Waals surface area contributed by atoms with Gasteiger partial charge in [-0.3, -0.25) is 4.90 Å². The van der Waals surface area contributed by atoms with Gasteiger partial charge in [0.2, 0.25) is 0 Å². The molecule has 0 bridgehead atoms. The first-order valence-corrected chi connectivity index (χ1v) is 8.67. The van der Waals surface area contributed by atoms with Gasteiger partial charge in [-0.25, -0.2) is 4.98 Å². The maximum absolute atomic E-state index is 5.49. The second kappa shape index (κ2) is 7.11. The van der Waals surface area contributed by atoms with Gasteiger partial charge in [0.05, 0.1) is 6.61 Å². The Morgan fingerprint density at radius 2 is 1.86 bits per heavy atom. The van der Waals surface area contributed by atoms with Crippen LogP contribution in [0.4, 0.5) is 5.13 Å². The molecule has 0 saturated carbocycles. The monoisotopic (exact) mass is 317 g/mol. The van der Waals surface area contributed by atoms with Gasteiger partial charge in [0.15, 0.2) is 5.13 Å². The number of ether oxygens (including phenoxy) is 1. The normalized spacial score (nSPS) is 16.0.